The van der Waals surface area contributed by atoms with Crippen LogP contribution >= 0.6 is 0 Å². The van der Waals surface area contributed by atoms with E-state index in [-0.39, 0.29) is 12.5 Å². The molecule has 0 rings (SSSR count). The Hall–Kier alpha value is -1.65. The summed E-state index contributed by atoms with van der Waals surface area (Å²) in [6.07, 6.45) is 49.3. The number of amides is 1. The van der Waals surface area contributed by atoms with Crippen molar-refractivity contribution in [1.82, 2.24) is 5.32 Å². The van der Waals surface area contributed by atoms with E-state index >= 15 is 0 Å². The molecule has 0 heterocycles. The van der Waals surface area contributed by atoms with Crippen LogP contribution in [0.1, 0.15) is 187 Å². The summed E-state index contributed by atoms with van der Waals surface area (Å²) < 4.78 is 0. The Bertz CT molecular complexity index is 726. The Morgan fingerprint density at radius 1 is 0.533 bits per heavy atom. The molecule has 4 nitrogen and oxygen atoms in total. The van der Waals surface area contributed by atoms with Gasteiger partial charge < -0.3 is 15.5 Å². The van der Waals surface area contributed by atoms with Crippen molar-refractivity contribution in [3.63, 3.8) is 0 Å². The molecular formula is C41H75NO3. The zero-order valence-corrected chi connectivity index (χ0v) is 29.9. The second-order valence-corrected chi connectivity index (χ2v) is 13.0. The number of carbonyl (C=O) groups is 1. The highest BCUT2D eigenvalue weighted by atomic mass is 16.3. The van der Waals surface area contributed by atoms with Crippen molar-refractivity contribution in [2.45, 2.75) is 199 Å². The topological polar surface area (TPSA) is 69.6 Å². The minimum atomic E-state index is -0.884. The highest BCUT2D eigenvalue weighted by Crippen LogP contribution is 2.14. The lowest BCUT2D eigenvalue weighted by atomic mass is 10.0. The smallest absolute Gasteiger partial charge is 0.220 e. The molecule has 1 amide bonds. The van der Waals surface area contributed by atoms with E-state index in [2.05, 4.69) is 49.5 Å². The fraction of sp³-hybridized carbons (Fsp3) is 0.780. The summed E-state index contributed by atoms with van der Waals surface area (Å²) in [6, 6.07) is -0.668. The molecule has 0 aromatic rings. The molecule has 0 aromatic carbocycles. The van der Waals surface area contributed by atoms with E-state index < -0.39 is 12.1 Å². The predicted molar refractivity (Wildman–Crippen MR) is 198 cm³/mol. The first-order valence-electron chi connectivity index (χ1n) is 19.4. The lowest BCUT2D eigenvalue weighted by Gasteiger charge is -2.19. The highest BCUT2D eigenvalue weighted by Gasteiger charge is 2.17. The second-order valence-electron chi connectivity index (χ2n) is 13.0. The van der Waals surface area contributed by atoms with Crippen LogP contribution in [0.15, 0.2) is 48.6 Å². The summed E-state index contributed by atoms with van der Waals surface area (Å²) in [5.41, 5.74) is 0. The number of hydrogen-bond donors (Lipinski definition) is 3. The van der Waals surface area contributed by atoms with Crippen LogP contribution in [0.2, 0.25) is 0 Å². The largest absolute Gasteiger partial charge is 0.394 e. The van der Waals surface area contributed by atoms with E-state index in [0.29, 0.717) is 12.8 Å². The minimum absolute atomic E-state index is 0.142. The molecule has 0 bridgehead atoms. The molecule has 4 heteroatoms. The van der Waals surface area contributed by atoms with Gasteiger partial charge in [0, 0.05) is 6.42 Å². The molecule has 0 aliphatic heterocycles. The molecular weight excluding hydrogens is 554 g/mol. The van der Waals surface area contributed by atoms with Crippen molar-refractivity contribution in [2.75, 3.05) is 6.61 Å². The predicted octanol–water partition coefficient (Wildman–Crippen LogP) is 11.6. The molecule has 0 spiro atoms. The molecule has 2 unspecified atom stereocenters. The lowest BCUT2D eigenvalue weighted by Crippen LogP contribution is -2.45. The first kappa shape index (κ1) is 43.4. The summed E-state index contributed by atoms with van der Waals surface area (Å²) in [6.45, 7) is 4.25. The van der Waals surface area contributed by atoms with E-state index in [1.807, 2.05) is 12.2 Å². The number of allylic oxidation sites excluding steroid dienone is 7. The van der Waals surface area contributed by atoms with Gasteiger partial charge in [0.25, 0.3) is 0 Å². The van der Waals surface area contributed by atoms with E-state index in [1.54, 1.807) is 6.08 Å². The third kappa shape index (κ3) is 33.5. The van der Waals surface area contributed by atoms with Crippen LogP contribution in [0.25, 0.3) is 0 Å². The quantitative estimate of drug-likeness (QED) is 0.0490. The summed E-state index contributed by atoms with van der Waals surface area (Å²) in [5.74, 6) is -0.142. The van der Waals surface area contributed by atoms with Gasteiger partial charge in [-0.15, -0.1) is 0 Å². The number of carbonyl (C=O) groups excluding carboxylic acids is 1. The average molecular weight is 630 g/mol. The van der Waals surface area contributed by atoms with Crippen molar-refractivity contribution in [1.29, 1.82) is 0 Å². The van der Waals surface area contributed by atoms with Gasteiger partial charge in [-0.3, -0.25) is 4.79 Å². The van der Waals surface area contributed by atoms with Gasteiger partial charge >= 0.3 is 0 Å². The molecule has 0 saturated heterocycles. The van der Waals surface area contributed by atoms with Crippen molar-refractivity contribution >= 4 is 5.91 Å². The number of nitrogens with one attached hydrogen (secondary N) is 1. The van der Waals surface area contributed by atoms with E-state index in [4.69, 9.17) is 0 Å². The molecule has 262 valence electrons. The summed E-state index contributed by atoms with van der Waals surface area (Å²) in [7, 11) is 0. The zero-order valence-electron chi connectivity index (χ0n) is 29.9. The molecule has 2 atom stereocenters. The second kappa shape index (κ2) is 36.8. The highest BCUT2D eigenvalue weighted by molar-refractivity contribution is 5.76. The summed E-state index contributed by atoms with van der Waals surface area (Å²) in [4.78, 5) is 12.3. The SMILES string of the molecule is CCCCCCCC/C=C\C/C=C\CCC(=O)NC(CO)C(O)/C=C/CC/C=C/CCCCCCCCCCCCCCCC. The van der Waals surface area contributed by atoms with Gasteiger partial charge in [0.1, 0.15) is 0 Å². The average Bonchev–Trinajstić information content (AvgIpc) is 3.04. The summed E-state index contributed by atoms with van der Waals surface area (Å²) >= 11 is 0. The fourth-order valence-electron chi connectivity index (χ4n) is 5.54. The van der Waals surface area contributed by atoms with Gasteiger partial charge in [-0.1, -0.05) is 178 Å². The Labute approximate surface area is 280 Å². The molecule has 0 radical (unpaired) electrons. The third-order valence-corrected chi connectivity index (χ3v) is 8.55. The van der Waals surface area contributed by atoms with E-state index in [1.165, 1.54) is 128 Å². The van der Waals surface area contributed by atoms with Crippen LogP contribution in [-0.4, -0.2) is 34.9 Å². The number of aliphatic hydroxyl groups is 2. The van der Waals surface area contributed by atoms with Gasteiger partial charge in [-0.25, -0.2) is 0 Å². The van der Waals surface area contributed by atoms with Gasteiger partial charge in [-0.05, 0) is 51.4 Å². The van der Waals surface area contributed by atoms with Crippen LogP contribution in [0.3, 0.4) is 0 Å². The van der Waals surface area contributed by atoms with Crippen molar-refractivity contribution in [3.8, 4) is 0 Å². The molecule has 3 N–H and O–H groups in total. The first-order chi connectivity index (χ1) is 22.2. The molecule has 0 aliphatic rings. The van der Waals surface area contributed by atoms with Gasteiger partial charge in [0.05, 0.1) is 18.8 Å². The number of unbranched alkanes of at least 4 members (excludes halogenated alkanes) is 21. The Balaban J connectivity index is 3.72. The molecule has 0 aromatic heterocycles. The summed E-state index contributed by atoms with van der Waals surface area (Å²) in [5, 5.41) is 22.8. The van der Waals surface area contributed by atoms with Crippen LogP contribution in [0.4, 0.5) is 0 Å². The number of aliphatic hydroxyl groups excluding tert-OH is 2. The monoisotopic (exact) mass is 630 g/mol. The molecule has 0 fully saturated rings. The number of hydrogen-bond acceptors (Lipinski definition) is 3. The maximum atomic E-state index is 12.3. The van der Waals surface area contributed by atoms with Crippen LogP contribution < -0.4 is 5.32 Å². The van der Waals surface area contributed by atoms with E-state index in [0.717, 1.165) is 32.1 Å². The van der Waals surface area contributed by atoms with Crippen LogP contribution in [0, 0.1) is 0 Å². The maximum Gasteiger partial charge on any atom is 0.220 e. The van der Waals surface area contributed by atoms with Crippen molar-refractivity contribution in [2.24, 2.45) is 0 Å². The Morgan fingerprint density at radius 2 is 0.933 bits per heavy atom. The minimum Gasteiger partial charge on any atom is -0.394 e. The fourth-order valence-corrected chi connectivity index (χ4v) is 5.54. The first-order valence-corrected chi connectivity index (χ1v) is 19.4. The standard InChI is InChI=1S/C41H75NO3/c1-3-5-7-9-11-13-15-17-18-19-20-21-22-23-25-26-28-30-32-34-36-40(44)39(38-43)42-41(45)37-35-33-31-29-27-24-16-14-12-10-8-6-4-2/h24,26-28,31,33-34,36,39-40,43-44H,3-23,25,29-30,32,35,37-38H2,1-2H3,(H,42,45)/b27-24-,28-26+,33-31-,36-34+. The van der Waals surface area contributed by atoms with Gasteiger partial charge in [-0.2, -0.15) is 0 Å². The third-order valence-electron chi connectivity index (χ3n) is 8.55. The molecule has 0 saturated carbocycles. The van der Waals surface area contributed by atoms with Gasteiger partial charge in [0.15, 0.2) is 0 Å². The lowest BCUT2D eigenvalue weighted by molar-refractivity contribution is -0.122. The molecule has 45 heavy (non-hydrogen) atoms. The maximum absolute atomic E-state index is 12.3. The Morgan fingerprint density at radius 3 is 1.42 bits per heavy atom. The van der Waals surface area contributed by atoms with Crippen LogP contribution in [0.5, 0.6) is 0 Å². The van der Waals surface area contributed by atoms with E-state index in [9.17, 15) is 15.0 Å². The zero-order chi connectivity index (χ0) is 32.9. The van der Waals surface area contributed by atoms with Crippen molar-refractivity contribution in [3.05, 3.63) is 48.6 Å². The van der Waals surface area contributed by atoms with Crippen LogP contribution in [-0.2, 0) is 4.79 Å². The Kier molecular flexibility index (Phi) is 35.5. The normalized spacial score (nSPS) is 13.6. The van der Waals surface area contributed by atoms with Gasteiger partial charge in [0.2, 0.25) is 5.91 Å². The molecule has 0 aliphatic carbocycles. The van der Waals surface area contributed by atoms with Crippen molar-refractivity contribution < 1.29 is 15.0 Å². The number of rotatable bonds is 34.